The highest BCUT2D eigenvalue weighted by atomic mass is 19.2. The predicted molar refractivity (Wildman–Crippen MR) is 60.7 cm³/mol. The number of carbonyl (C=O) groups is 1. The molecule has 1 aromatic rings. The van der Waals surface area contributed by atoms with Crippen molar-refractivity contribution in [3.63, 3.8) is 0 Å². The van der Waals surface area contributed by atoms with Crippen molar-refractivity contribution in [2.45, 2.75) is 6.92 Å². The lowest BCUT2D eigenvalue weighted by Gasteiger charge is -2.00. The lowest BCUT2D eigenvalue weighted by molar-refractivity contribution is -0.385. The van der Waals surface area contributed by atoms with E-state index >= 15 is 0 Å². The second kappa shape index (κ2) is 5.85. The number of halogens is 2. The highest BCUT2D eigenvalue weighted by Crippen LogP contribution is 2.23. The third kappa shape index (κ3) is 3.62. The fraction of sp³-hybridized carbons (Fsp3) is 0.182. The summed E-state index contributed by atoms with van der Waals surface area (Å²) in [5, 5.41) is 13.1. The van der Waals surface area contributed by atoms with Crippen molar-refractivity contribution in [2.24, 2.45) is 0 Å². The Morgan fingerprint density at radius 1 is 1.44 bits per heavy atom. The molecule has 0 radical (unpaired) electrons. The minimum absolute atomic E-state index is 0.0655. The molecule has 0 spiro atoms. The Hall–Kier alpha value is -2.31. The van der Waals surface area contributed by atoms with Crippen LogP contribution in [0.15, 0.2) is 18.2 Å². The van der Waals surface area contributed by atoms with E-state index in [1.54, 1.807) is 0 Å². The van der Waals surface area contributed by atoms with E-state index in [4.69, 9.17) is 0 Å². The van der Waals surface area contributed by atoms with Crippen molar-refractivity contribution in [3.8, 4) is 0 Å². The summed E-state index contributed by atoms with van der Waals surface area (Å²) in [6.45, 7) is 1.46. The van der Waals surface area contributed by atoms with Crippen molar-refractivity contribution >= 4 is 17.7 Å². The highest BCUT2D eigenvalue weighted by Gasteiger charge is 2.16. The van der Waals surface area contributed by atoms with Gasteiger partial charge in [-0.25, -0.2) is 8.78 Å². The summed E-state index contributed by atoms with van der Waals surface area (Å²) < 4.78 is 25.8. The zero-order valence-corrected chi connectivity index (χ0v) is 9.44. The standard InChI is InChI=1S/C11H10F2N2O3/c1-7(16)14-4-2-3-8-5-9(12)10(13)6-11(8)15(17)18/h2-3,5-6H,4H2,1H3,(H,14,16). The number of carbonyl (C=O) groups excluding carboxylic acids is 1. The zero-order chi connectivity index (χ0) is 13.7. The quantitative estimate of drug-likeness (QED) is 0.661. The SMILES string of the molecule is CC(=O)NCC=Cc1cc(F)c(F)cc1[N+](=O)[O-]. The molecule has 0 bridgehead atoms. The van der Waals surface area contributed by atoms with Gasteiger partial charge >= 0.3 is 0 Å². The molecule has 0 saturated heterocycles. The molecule has 0 aliphatic rings. The first-order valence-electron chi connectivity index (χ1n) is 4.96. The van der Waals surface area contributed by atoms with Gasteiger partial charge < -0.3 is 5.32 Å². The van der Waals surface area contributed by atoms with Crippen LogP contribution in [0.1, 0.15) is 12.5 Å². The fourth-order valence-electron chi connectivity index (χ4n) is 1.23. The van der Waals surface area contributed by atoms with Gasteiger partial charge in [0.1, 0.15) is 0 Å². The molecule has 0 heterocycles. The Morgan fingerprint density at radius 3 is 2.61 bits per heavy atom. The smallest absolute Gasteiger partial charge is 0.279 e. The number of nitro groups is 1. The molecular formula is C11H10F2N2O3. The lowest BCUT2D eigenvalue weighted by Crippen LogP contribution is -2.19. The predicted octanol–water partition coefficient (Wildman–Crippen LogP) is 2.02. The highest BCUT2D eigenvalue weighted by molar-refractivity contribution is 5.73. The molecule has 1 rings (SSSR count). The maximum absolute atomic E-state index is 13.0. The number of benzene rings is 1. The van der Waals surface area contributed by atoms with Crippen LogP contribution in [0, 0.1) is 21.7 Å². The summed E-state index contributed by atoms with van der Waals surface area (Å²) in [7, 11) is 0. The van der Waals surface area contributed by atoms with Crippen LogP contribution in [0.2, 0.25) is 0 Å². The van der Waals surface area contributed by atoms with E-state index < -0.39 is 22.2 Å². The maximum Gasteiger partial charge on any atom is 0.279 e. The van der Waals surface area contributed by atoms with Crippen LogP contribution >= 0.6 is 0 Å². The summed E-state index contributed by atoms with van der Waals surface area (Å²) in [6.07, 6.45) is 2.65. The second-order valence-electron chi connectivity index (χ2n) is 3.42. The molecule has 1 N–H and O–H groups in total. The number of hydrogen-bond acceptors (Lipinski definition) is 3. The van der Waals surface area contributed by atoms with E-state index in [1.807, 2.05) is 0 Å². The number of nitrogens with zero attached hydrogens (tertiary/aromatic N) is 1. The topological polar surface area (TPSA) is 72.2 Å². The van der Waals surface area contributed by atoms with E-state index in [1.165, 1.54) is 19.1 Å². The molecular weight excluding hydrogens is 246 g/mol. The van der Waals surface area contributed by atoms with Gasteiger partial charge in [-0.2, -0.15) is 0 Å². The first-order valence-corrected chi connectivity index (χ1v) is 4.96. The monoisotopic (exact) mass is 256 g/mol. The molecule has 0 atom stereocenters. The first kappa shape index (κ1) is 13.8. The third-order valence-electron chi connectivity index (χ3n) is 2.03. The number of amides is 1. The van der Waals surface area contributed by atoms with Crippen molar-refractivity contribution in [2.75, 3.05) is 6.54 Å². The number of nitro benzene ring substituents is 1. The molecule has 0 saturated carbocycles. The van der Waals surface area contributed by atoms with Gasteiger partial charge in [0.2, 0.25) is 5.91 Å². The molecule has 96 valence electrons. The Morgan fingerprint density at radius 2 is 2.06 bits per heavy atom. The van der Waals surface area contributed by atoms with E-state index in [0.29, 0.717) is 6.07 Å². The van der Waals surface area contributed by atoms with Crippen LogP contribution in [0.4, 0.5) is 14.5 Å². The molecule has 18 heavy (non-hydrogen) atoms. The lowest BCUT2D eigenvalue weighted by atomic mass is 10.1. The Kier molecular flexibility index (Phi) is 4.47. The molecule has 5 nitrogen and oxygen atoms in total. The first-order chi connectivity index (χ1) is 8.41. The van der Waals surface area contributed by atoms with Crippen molar-refractivity contribution in [1.29, 1.82) is 0 Å². The normalized spacial score (nSPS) is 10.6. The maximum atomic E-state index is 13.0. The molecule has 1 aromatic carbocycles. The fourth-order valence-corrected chi connectivity index (χ4v) is 1.23. The molecule has 0 aliphatic heterocycles. The van der Waals surface area contributed by atoms with Crippen LogP contribution in [0.5, 0.6) is 0 Å². The molecule has 0 fully saturated rings. The second-order valence-corrected chi connectivity index (χ2v) is 3.42. The van der Waals surface area contributed by atoms with Gasteiger partial charge in [0.05, 0.1) is 16.6 Å². The number of hydrogen-bond donors (Lipinski definition) is 1. The van der Waals surface area contributed by atoms with Gasteiger partial charge in [0.25, 0.3) is 5.69 Å². The van der Waals surface area contributed by atoms with Gasteiger partial charge in [-0.1, -0.05) is 12.2 Å². The zero-order valence-electron chi connectivity index (χ0n) is 9.44. The number of rotatable bonds is 4. The minimum atomic E-state index is -1.28. The molecule has 0 aromatic heterocycles. The molecule has 7 heteroatoms. The van der Waals surface area contributed by atoms with Crippen molar-refractivity contribution < 1.29 is 18.5 Å². The van der Waals surface area contributed by atoms with Gasteiger partial charge in [0.15, 0.2) is 11.6 Å². The van der Waals surface area contributed by atoms with E-state index in [2.05, 4.69) is 5.32 Å². The molecule has 0 aliphatic carbocycles. The van der Waals surface area contributed by atoms with Crippen LogP contribution in [-0.4, -0.2) is 17.4 Å². The van der Waals surface area contributed by atoms with Gasteiger partial charge in [-0.05, 0) is 6.07 Å². The number of nitrogens with one attached hydrogen (secondary N) is 1. The Labute approximate surface area is 101 Å². The summed E-state index contributed by atoms with van der Waals surface area (Å²) in [5.41, 5.74) is -0.600. The van der Waals surface area contributed by atoms with Crippen LogP contribution in [-0.2, 0) is 4.79 Å². The minimum Gasteiger partial charge on any atom is -0.353 e. The average molecular weight is 256 g/mol. The van der Waals surface area contributed by atoms with Crippen molar-refractivity contribution in [3.05, 3.63) is 45.5 Å². The van der Waals surface area contributed by atoms with E-state index in [-0.39, 0.29) is 18.0 Å². The average Bonchev–Trinajstić information content (AvgIpc) is 2.28. The van der Waals surface area contributed by atoms with Crippen LogP contribution in [0.3, 0.4) is 0 Å². The van der Waals surface area contributed by atoms with Gasteiger partial charge in [-0.15, -0.1) is 0 Å². The Bertz CT molecular complexity index is 515. The third-order valence-corrected chi connectivity index (χ3v) is 2.03. The molecule has 1 amide bonds. The van der Waals surface area contributed by atoms with Crippen LogP contribution in [0.25, 0.3) is 6.08 Å². The van der Waals surface area contributed by atoms with Gasteiger partial charge in [0, 0.05) is 13.5 Å². The molecule has 0 unspecified atom stereocenters. The summed E-state index contributed by atoms with van der Waals surface area (Å²) >= 11 is 0. The van der Waals surface area contributed by atoms with Gasteiger partial charge in [-0.3, -0.25) is 14.9 Å². The summed E-state index contributed by atoms with van der Waals surface area (Å²) in [5.74, 6) is -2.71. The summed E-state index contributed by atoms with van der Waals surface area (Å²) in [6, 6.07) is 1.26. The largest absolute Gasteiger partial charge is 0.353 e. The Balaban J connectivity index is 2.96. The van der Waals surface area contributed by atoms with E-state index in [9.17, 15) is 23.7 Å². The van der Waals surface area contributed by atoms with Crippen molar-refractivity contribution in [1.82, 2.24) is 5.32 Å². The van der Waals surface area contributed by atoms with Crippen LogP contribution < -0.4 is 5.32 Å². The summed E-state index contributed by atoms with van der Waals surface area (Å²) in [4.78, 5) is 20.4. The van der Waals surface area contributed by atoms with E-state index in [0.717, 1.165) is 6.07 Å².